The molecule has 1 aromatic rings. The van der Waals surface area contributed by atoms with Crippen LogP contribution in [0.4, 0.5) is 10.5 Å². The van der Waals surface area contributed by atoms with Gasteiger partial charge in [0.05, 0.1) is 0 Å². The molecule has 1 unspecified atom stereocenters. The number of nitrogens with two attached hydrogens (primary N) is 1. The van der Waals surface area contributed by atoms with Crippen molar-refractivity contribution in [1.29, 1.82) is 0 Å². The Morgan fingerprint density at radius 1 is 1.41 bits per heavy atom. The summed E-state index contributed by atoms with van der Waals surface area (Å²) in [7, 11) is 0. The lowest BCUT2D eigenvalue weighted by molar-refractivity contribution is 0.252. The fourth-order valence-corrected chi connectivity index (χ4v) is 3.00. The number of primary amides is 1. The number of hydrogen-bond donors (Lipinski definition) is 1. The number of carbonyl (C=O) groups excluding carboxylic acids is 1. The second kappa shape index (κ2) is 4.40. The van der Waals surface area contributed by atoms with Crippen LogP contribution in [0.1, 0.15) is 38.7 Å². The van der Waals surface area contributed by atoms with E-state index >= 15 is 0 Å². The van der Waals surface area contributed by atoms with Gasteiger partial charge in [-0.3, -0.25) is 4.90 Å². The zero-order valence-electron chi connectivity index (χ0n) is 10.6. The van der Waals surface area contributed by atoms with E-state index in [1.54, 1.807) is 4.90 Å². The van der Waals surface area contributed by atoms with Crippen molar-refractivity contribution >= 4 is 11.7 Å². The van der Waals surface area contributed by atoms with Crippen LogP contribution in [0.5, 0.6) is 0 Å². The van der Waals surface area contributed by atoms with Gasteiger partial charge in [-0.05, 0) is 24.5 Å². The van der Waals surface area contributed by atoms with Crippen LogP contribution < -0.4 is 10.6 Å². The van der Waals surface area contributed by atoms with E-state index in [1.807, 2.05) is 18.2 Å². The summed E-state index contributed by atoms with van der Waals surface area (Å²) in [4.78, 5) is 13.2. The Morgan fingerprint density at radius 2 is 2.12 bits per heavy atom. The molecule has 1 aliphatic rings. The predicted octanol–water partition coefficient (Wildman–Crippen LogP) is 3.03. The number of hydrogen-bond acceptors (Lipinski definition) is 1. The Balaban J connectivity index is 2.50. The van der Waals surface area contributed by atoms with Gasteiger partial charge in [0.15, 0.2) is 0 Å². The maximum atomic E-state index is 11.5. The minimum Gasteiger partial charge on any atom is -0.351 e. The number of anilines is 1. The summed E-state index contributed by atoms with van der Waals surface area (Å²) in [5.41, 5.74) is 7.85. The Kier molecular flexibility index (Phi) is 3.09. The molecule has 92 valence electrons. The molecule has 0 spiro atoms. The highest BCUT2D eigenvalue weighted by Crippen LogP contribution is 2.45. The van der Waals surface area contributed by atoms with Gasteiger partial charge in [0, 0.05) is 17.6 Å². The van der Waals surface area contributed by atoms with Crippen molar-refractivity contribution in [2.45, 2.75) is 38.5 Å². The maximum Gasteiger partial charge on any atom is 0.319 e. The number of carbonyl (C=O) groups is 1. The minimum absolute atomic E-state index is 0.0976. The number of urea groups is 1. The highest BCUT2D eigenvalue weighted by Gasteiger charge is 2.41. The Morgan fingerprint density at radius 3 is 2.71 bits per heavy atom. The van der Waals surface area contributed by atoms with E-state index in [4.69, 9.17) is 5.73 Å². The standard InChI is InChI=1S/C14H20N2O/c1-3-9-14(4-2)10-16(13(15)17)12-8-6-5-7-11(12)14/h5-8H,3-4,9-10H2,1-2H3,(H2,15,17). The molecule has 2 amide bonds. The molecule has 0 fully saturated rings. The number of amides is 2. The first-order valence-corrected chi connectivity index (χ1v) is 6.31. The van der Waals surface area contributed by atoms with E-state index in [1.165, 1.54) is 5.56 Å². The summed E-state index contributed by atoms with van der Waals surface area (Å²) in [6.45, 7) is 5.11. The number of fused-ring (bicyclic) bond motifs is 1. The molecule has 0 aromatic heterocycles. The molecule has 1 aromatic carbocycles. The van der Waals surface area contributed by atoms with Crippen molar-refractivity contribution in [3.63, 3.8) is 0 Å². The average Bonchev–Trinajstić information content (AvgIpc) is 2.66. The molecule has 2 rings (SSSR count). The van der Waals surface area contributed by atoms with Crippen LogP contribution in [0.3, 0.4) is 0 Å². The van der Waals surface area contributed by atoms with Gasteiger partial charge in [0.2, 0.25) is 0 Å². The molecule has 0 radical (unpaired) electrons. The first kappa shape index (κ1) is 12.0. The molecule has 0 saturated carbocycles. The highest BCUT2D eigenvalue weighted by atomic mass is 16.2. The van der Waals surface area contributed by atoms with E-state index in [9.17, 15) is 4.79 Å². The molecule has 3 heteroatoms. The lowest BCUT2D eigenvalue weighted by Gasteiger charge is -2.28. The topological polar surface area (TPSA) is 46.3 Å². The predicted molar refractivity (Wildman–Crippen MR) is 70.2 cm³/mol. The zero-order chi connectivity index (χ0) is 12.5. The third-order valence-electron chi connectivity index (χ3n) is 3.90. The van der Waals surface area contributed by atoms with E-state index in [2.05, 4.69) is 19.9 Å². The third-order valence-corrected chi connectivity index (χ3v) is 3.90. The van der Waals surface area contributed by atoms with Gasteiger partial charge in [-0.15, -0.1) is 0 Å². The van der Waals surface area contributed by atoms with Gasteiger partial charge in [0.1, 0.15) is 0 Å². The summed E-state index contributed by atoms with van der Waals surface area (Å²) < 4.78 is 0. The molecule has 0 bridgehead atoms. The van der Waals surface area contributed by atoms with E-state index in [0.29, 0.717) is 0 Å². The molecule has 0 aliphatic carbocycles. The molecular weight excluding hydrogens is 212 g/mol. The number of rotatable bonds is 3. The van der Waals surface area contributed by atoms with Gasteiger partial charge in [0.25, 0.3) is 0 Å². The van der Waals surface area contributed by atoms with Crippen molar-refractivity contribution in [3.8, 4) is 0 Å². The number of benzene rings is 1. The second-order valence-electron chi connectivity index (χ2n) is 4.83. The largest absolute Gasteiger partial charge is 0.351 e. The van der Waals surface area contributed by atoms with Crippen LogP contribution in [0.15, 0.2) is 24.3 Å². The van der Waals surface area contributed by atoms with Crippen LogP contribution in [-0.2, 0) is 5.41 Å². The summed E-state index contributed by atoms with van der Waals surface area (Å²) in [5, 5.41) is 0. The van der Waals surface area contributed by atoms with Crippen molar-refractivity contribution in [3.05, 3.63) is 29.8 Å². The molecule has 17 heavy (non-hydrogen) atoms. The third kappa shape index (κ3) is 1.79. The summed E-state index contributed by atoms with van der Waals surface area (Å²) in [6, 6.07) is 7.80. The smallest absolute Gasteiger partial charge is 0.319 e. The molecule has 1 atom stereocenters. The van der Waals surface area contributed by atoms with Crippen LogP contribution in [-0.4, -0.2) is 12.6 Å². The van der Waals surface area contributed by atoms with Gasteiger partial charge in [-0.1, -0.05) is 38.5 Å². The molecule has 1 aliphatic heterocycles. The maximum absolute atomic E-state index is 11.5. The van der Waals surface area contributed by atoms with Crippen molar-refractivity contribution in [1.82, 2.24) is 0 Å². The molecular formula is C14H20N2O. The minimum atomic E-state index is -0.344. The summed E-state index contributed by atoms with van der Waals surface area (Å²) in [6.07, 6.45) is 3.26. The number of nitrogens with zero attached hydrogens (tertiary/aromatic N) is 1. The lowest BCUT2D eigenvalue weighted by atomic mass is 9.76. The van der Waals surface area contributed by atoms with Gasteiger partial charge in [-0.25, -0.2) is 4.79 Å². The first-order valence-electron chi connectivity index (χ1n) is 6.31. The molecule has 0 saturated heterocycles. The first-order chi connectivity index (χ1) is 8.14. The normalized spacial score (nSPS) is 22.6. The van der Waals surface area contributed by atoms with Crippen molar-refractivity contribution in [2.24, 2.45) is 5.73 Å². The van der Waals surface area contributed by atoms with E-state index in [-0.39, 0.29) is 11.4 Å². The van der Waals surface area contributed by atoms with Gasteiger partial charge >= 0.3 is 6.03 Å². The fraction of sp³-hybridized carbons (Fsp3) is 0.500. The Hall–Kier alpha value is -1.51. The SMILES string of the molecule is CCCC1(CC)CN(C(N)=O)c2ccccc21. The van der Waals surface area contributed by atoms with Crippen LogP contribution >= 0.6 is 0 Å². The summed E-state index contributed by atoms with van der Waals surface area (Å²) >= 11 is 0. The van der Waals surface area contributed by atoms with Gasteiger partial charge in [-0.2, -0.15) is 0 Å². The van der Waals surface area contributed by atoms with Crippen LogP contribution in [0, 0.1) is 0 Å². The van der Waals surface area contributed by atoms with Crippen LogP contribution in [0.25, 0.3) is 0 Å². The van der Waals surface area contributed by atoms with Crippen LogP contribution in [0.2, 0.25) is 0 Å². The van der Waals surface area contributed by atoms with Gasteiger partial charge < -0.3 is 5.73 Å². The van der Waals surface area contributed by atoms with E-state index in [0.717, 1.165) is 31.5 Å². The fourth-order valence-electron chi connectivity index (χ4n) is 3.00. The number of para-hydroxylation sites is 1. The molecule has 2 N–H and O–H groups in total. The molecule has 3 nitrogen and oxygen atoms in total. The zero-order valence-corrected chi connectivity index (χ0v) is 10.6. The average molecular weight is 232 g/mol. The lowest BCUT2D eigenvalue weighted by Crippen LogP contribution is -2.39. The summed E-state index contributed by atoms with van der Waals surface area (Å²) in [5.74, 6) is 0. The Bertz CT molecular complexity index is 430. The van der Waals surface area contributed by atoms with E-state index < -0.39 is 0 Å². The highest BCUT2D eigenvalue weighted by molar-refractivity contribution is 5.94. The van der Waals surface area contributed by atoms with Crippen molar-refractivity contribution < 1.29 is 4.79 Å². The Labute approximate surface area is 103 Å². The monoisotopic (exact) mass is 232 g/mol. The van der Waals surface area contributed by atoms with Crippen molar-refractivity contribution in [2.75, 3.05) is 11.4 Å². The molecule has 1 heterocycles. The second-order valence-corrected chi connectivity index (χ2v) is 4.83. The quantitative estimate of drug-likeness (QED) is 0.855.